The Morgan fingerprint density at radius 1 is 1.07 bits per heavy atom. The van der Waals surface area contributed by atoms with Crippen LogP contribution in [0.25, 0.3) is 0 Å². The lowest BCUT2D eigenvalue weighted by molar-refractivity contribution is -0.274. The van der Waals surface area contributed by atoms with Crippen molar-refractivity contribution in [3.63, 3.8) is 0 Å². The van der Waals surface area contributed by atoms with E-state index in [2.05, 4.69) is 10.1 Å². The molecule has 0 spiro atoms. The SMILES string of the molecule is Cc1ccccc1SCC(=O)OCC(=O)Nc1ccc(OC(F)(F)F)cc1. The number of carbonyl (C=O) groups excluding carboxylic acids is 2. The number of nitrogens with one attached hydrogen (secondary N) is 1. The number of aryl methyl sites for hydroxylation is 1. The van der Waals surface area contributed by atoms with Crippen molar-refractivity contribution in [2.45, 2.75) is 18.2 Å². The van der Waals surface area contributed by atoms with Gasteiger partial charge in [-0.05, 0) is 42.8 Å². The van der Waals surface area contributed by atoms with Crippen LogP contribution in [0.2, 0.25) is 0 Å². The van der Waals surface area contributed by atoms with Gasteiger partial charge >= 0.3 is 12.3 Å². The summed E-state index contributed by atoms with van der Waals surface area (Å²) in [5.74, 6) is -1.50. The molecule has 2 aromatic carbocycles. The molecule has 0 aliphatic rings. The molecular formula is C18H16F3NO4S. The highest BCUT2D eigenvalue weighted by Gasteiger charge is 2.30. The van der Waals surface area contributed by atoms with Crippen LogP contribution in [-0.4, -0.2) is 30.6 Å². The van der Waals surface area contributed by atoms with Crippen LogP contribution in [0.4, 0.5) is 18.9 Å². The minimum Gasteiger partial charge on any atom is -0.455 e. The van der Waals surface area contributed by atoms with E-state index in [9.17, 15) is 22.8 Å². The molecule has 144 valence electrons. The number of alkyl halides is 3. The van der Waals surface area contributed by atoms with Crippen LogP contribution in [0.1, 0.15) is 5.56 Å². The number of carbonyl (C=O) groups is 2. The van der Waals surface area contributed by atoms with Gasteiger partial charge in [-0.25, -0.2) is 0 Å². The molecule has 27 heavy (non-hydrogen) atoms. The zero-order valence-corrected chi connectivity index (χ0v) is 15.0. The molecule has 5 nitrogen and oxygen atoms in total. The molecule has 9 heteroatoms. The maximum atomic E-state index is 12.1. The molecule has 2 rings (SSSR count). The number of hydrogen-bond acceptors (Lipinski definition) is 5. The second-order valence-corrected chi connectivity index (χ2v) is 6.35. The van der Waals surface area contributed by atoms with E-state index in [1.54, 1.807) is 0 Å². The molecule has 0 heterocycles. The van der Waals surface area contributed by atoms with E-state index in [1.807, 2.05) is 31.2 Å². The lowest BCUT2D eigenvalue weighted by atomic mass is 10.2. The second kappa shape index (κ2) is 9.31. The zero-order valence-electron chi connectivity index (χ0n) is 14.2. The molecule has 1 amide bonds. The van der Waals surface area contributed by atoms with Gasteiger partial charge in [-0.2, -0.15) is 0 Å². The molecule has 0 bridgehead atoms. The summed E-state index contributed by atoms with van der Waals surface area (Å²) < 4.78 is 44.8. The molecule has 1 N–H and O–H groups in total. The number of thioether (sulfide) groups is 1. The third-order valence-corrected chi connectivity index (χ3v) is 4.32. The molecule has 0 aliphatic carbocycles. The molecule has 0 aromatic heterocycles. The first kappa shape index (κ1) is 20.6. The predicted molar refractivity (Wildman–Crippen MR) is 94.6 cm³/mol. The summed E-state index contributed by atoms with van der Waals surface area (Å²) >= 11 is 1.30. The highest BCUT2D eigenvalue weighted by atomic mass is 32.2. The summed E-state index contributed by atoms with van der Waals surface area (Å²) in [7, 11) is 0. The Bertz CT molecular complexity index is 794. The Morgan fingerprint density at radius 3 is 2.37 bits per heavy atom. The second-order valence-electron chi connectivity index (χ2n) is 5.34. The van der Waals surface area contributed by atoms with E-state index in [0.29, 0.717) is 0 Å². The van der Waals surface area contributed by atoms with Crippen molar-refractivity contribution in [1.82, 2.24) is 0 Å². The van der Waals surface area contributed by atoms with Gasteiger partial charge in [-0.15, -0.1) is 24.9 Å². The van der Waals surface area contributed by atoms with Crippen LogP contribution in [0, 0.1) is 6.92 Å². The molecule has 0 aliphatic heterocycles. The first-order valence-corrected chi connectivity index (χ1v) is 8.71. The van der Waals surface area contributed by atoms with Crippen LogP contribution >= 0.6 is 11.8 Å². The summed E-state index contributed by atoms with van der Waals surface area (Å²) in [5, 5.41) is 2.41. The quantitative estimate of drug-likeness (QED) is 0.559. The standard InChI is InChI=1S/C18H16F3NO4S/c1-12-4-2-3-5-15(12)27-11-17(24)25-10-16(23)22-13-6-8-14(9-7-13)26-18(19,20)21/h2-9H,10-11H2,1H3,(H,22,23). The fraction of sp³-hybridized carbons (Fsp3) is 0.222. The first-order valence-electron chi connectivity index (χ1n) is 7.72. The minimum atomic E-state index is -4.78. The molecular weight excluding hydrogens is 383 g/mol. The summed E-state index contributed by atoms with van der Waals surface area (Å²) in [6.45, 7) is 1.43. The van der Waals surface area contributed by atoms with Gasteiger partial charge in [0, 0.05) is 10.6 Å². The van der Waals surface area contributed by atoms with Crippen molar-refractivity contribution in [3.05, 3.63) is 54.1 Å². The normalized spacial score (nSPS) is 11.0. The minimum absolute atomic E-state index is 0.0572. The van der Waals surface area contributed by atoms with Crippen molar-refractivity contribution in [1.29, 1.82) is 0 Å². The van der Waals surface area contributed by atoms with Crippen molar-refractivity contribution in [2.75, 3.05) is 17.7 Å². The van der Waals surface area contributed by atoms with Gasteiger partial charge in [0.25, 0.3) is 5.91 Å². The predicted octanol–water partition coefficient (Wildman–Crippen LogP) is 4.17. The zero-order chi connectivity index (χ0) is 19.9. The summed E-state index contributed by atoms with van der Waals surface area (Å²) in [4.78, 5) is 24.4. The molecule has 0 saturated heterocycles. The Balaban J connectivity index is 1.74. The molecule has 0 unspecified atom stereocenters. The number of esters is 1. The molecule has 0 radical (unpaired) electrons. The van der Waals surface area contributed by atoms with E-state index < -0.39 is 30.6 Å². The lowest BCUT2D eigenvalue weighted by Crippen LogP contribution is -2.21. The van der Waals surface area contributed by atoms with E-state index in [-0.39, 0.29) is 11.4 Å². The largest absolute Gasteiger partial charge is 0.573 e. The van der Waals surface area contributed by atoms with Crippen LogP contribution in [-0.2, 0) is 14.3 Å². The third kappa shape index (κ3) is 7.61. The van der Waals surface area contributed by atoms with Crippen molar-refractivity contribution >= 4 is 29.3 Å². The van der Waals surface area contributed by atoms with Gasteiger partial charge in [0.1, 0.15) is 5.75 Å². The number of halogens is 3. The fourth-order valence-electron chi connectivity index (χ4n) is 1.98. The first-order chi connectivity index (χ1) is 12.7. The highest BCUT2D eigenvalue weighted by Crippen LogP contribution is 2.24. The van der Waals surface area contributed by atoms with Gasteiger partial charge in [-0.3, -0.25) is 9.59 Å². The average Bonchev–Trinajstić information content (AvgIpc) is 2.60. The smallest absolute Gasteiger partial charge is 0.455 e. The Hall–Kier alpha value is -2.68. The summed E-state index contributed by atoms with van der Waals surface area (Å²) in [6, 6.07) is 12.2. The topological polar surface area (TPSA) is 64.6 Å². The maximum absolute atomic E-state index is 12.1. The van der Waals surface area contributed by atoms with Crippen LogP contribution in [0.15, 0.2) is 53.4 Å². The highest BCUT2D eigenvalue weighted by molar-refractivity contribution is 8.00. The van der Waals surface area contributed by atoms with Crippen molar-refractivity contribution in [2.24, 2.45) is 0 Å². The third-order valence-electron chi connectivity index (χ3n) is 3.18. The Labute approximate surface area is 157 Å². The summed E-state index contributed by atoms with van der Waals surface area (Å²) in [6.07, 6.45) is -4.78. The van der Waals surface area contributed by atoms with Gasteiger partial charge < -0.3 is 14.8 Å². The lowest BCUT2D eigenvalue weighted by Gasteiger charge is -2.10. The number of benzene rings is 2. The molecule has 2 aromatic rings. The van der Waals surface area contributed by atoms with Crippen LogP contribution in [0.3, 0.4) is 0 Å². The van der Waals surface area contributed by atoms with E-state index >= 15 is 0 Å². The average molecular weight is 399 g/mol. The van der Waals surface area contributed by atoms with Crippen molar-refractivity contribution < 1.29 is 32.2 Å². The maximum Gasteiger partial charge on any atom is 0.573 e. The molecule has 0 fully saturated rings. The van der Waals surface area contributed by atoms with Gasteiger partial charge in [0.2, 0.25) is 0 Å². The fourth-order valence-corrected chi connectivity index (χ4v) is 2.81. The van der Waals surface area contributed by atoms with E-state index in [0.717, 1.165) is 22.6 Å². The van der Waals surface area contributed by atoms with Gasteiger partial charge in [0.05, 0.1) is 5.75 Å². The Morgan fingerprint density at radius 2 is 1.74 bits per heavy atom. The number of rotatable bonds is 7. The van der Waals surface area contributed by atoms with Gasteiger partial charge in [0.15, 0.2) is 6.61 Å². The molecule has 0 atom stereocenters. The van der Waals surface area contributed by atoms with Crippen LogP contribution in [0.5, 0.6) is 5.75 Å². The van der Waals surface area contributed by atoms with Crippen molar-refractivity contribution in [3.8, 4) is 5.75 Å². The van der Waals surface area contributed by atoms with E-state index in [1.165, 1.54) is 23.9 Å². The number of hydrogen-bond donors (Lipinski definition) is 1. The van der Waals surface area contributed by atoms with Gasteiger partial charge in [-0.1, -0.05) is 18.2 Å². The number of anilines is 1. The summed E-state index contributed by atoms with van der Waals surface area (Å²) in [5.41, 5.74) is 1.28. The number of amides is 1. The monoisotopic (exact) mass is 399 g/mol. The molecule has 0 saturated carbocycles. The van der Waals surface area contributed by atoms with Crippen LogP contribution < -0.4 is 10.1 Å². The Kier molecular flexibility index (Phi) is 7.12. The number of ether oxygens (including phenoxy) is 2. The van der Waals surface area contributed by atoms with E-state index in [4.69, 9.17) is 4.74 Å².